The summed E-state index contributed by atoms with van der Waals surface area (Å²) in [7, 11) is 3.94. The molecule has 126 valence electrons. The van der Waals surface area contributed by atoms with Gasteiger partial charge in [-0.05, 0) is 0 Å². The third-order valence-corrected chi connectivity index (χ3v) is 4.19. The van der Waals surface area contributed by atoms with Gasteiger partial charge < -0.3 is 9.30 Å². The number of aryl methyl sites for hydroxylation is 2. The summed E-state index contributed by atoms with van der Waals surface area (Å²) in [5, 5.41) is 12.8. The Morgan fingerprint density at radius 3 is 2.74 bits per heavy atom. The van der Waals surface area contributed by atoms with E-state index < -0.39 is 0 Å². The minimum absolute atomic E-state index is 0.0222. The van der Waals surface area contributed by atoms with Crippen molar-refractivity contribution in [3.63, 3.8) is 0 Å². The van der Waals surface area contributed by atoms with E-state index in [0.29, 0.717) is 6.61 Å². The molecule has 1 aliphatic heterocycles. The zero-order valence-corrected chi connectivity index (χ0v) is 14.7. The summed E-state index contributed by atoms with van der Waals surface area (Å²) >= 11 is 0. The molecule has 3 heterocycles. The molecule has 0 amide bonds. The van der Waals surface area contributed by atoms with Crippen LogP contribution in [0.3, 0.4) is 0 Å². The molecule has 23 heavy (non-hydrogen) atoms. The second-order valence-corrected chi connectivity index (χ2v) is 7.32. The van der Waals surface area contributed by atoms with Gasteiger partial charge in [0.25, 0.3) is 0 Å². The molecule has 0 aliphatic carbocycles. The average molecular weight is 318 g/mol. The Morgan fingerprint density at radius 1 is 1.30 bits per heavy atom. The van der Waals surface area contributed by atoms with Crippen LogP contribution in [0.25, 0.3) is 0 Å². The van der Waals surface area contributed by atoms with Crippen molar-refractivity contribution < 1.29 is 4.74 Å². The predicted octanol–water partition coefficient (Wildman–Crippen LogP) is 1.42. The van der Waals surface area contributed by atoms with Gasteiger partial charge in [-0.1, -0.05) is 20.8 Å². The Balaban J connectivity index is 1.75. The van der Waals surface area contributed by atoms with Gasteiger partial charge in [0.1, 0.15) is 12.4 Å². The third-order valence-electron chi connectivity index (χ3n) is 4.19. The van der Waals surface area contributed by atoms with Gasteiger partial charge in [-0.25, -0.2) is 0 Å². The number of hydrogen-bond acceptors (Lipinski definition) is 5. The highest BCUT2D eigenvalue weighted by molar-refractivity contribution is 5.24. The van der Waals surface area contributed by atoms with Crippen molar-refractivity contribution in [1.29, 1.82) is 0 Å². The van der Waals surface area contributed by atoms with Crippen molar-refractivity contribution in [3.05, 3.63) is 29.6 Å². The van der Waals surface area contributed by atoms with E-state index in [1.807, 2.05) is 23.3 Å². The van der Waals surface area contributed by atoms with Crippen molar-refractivity contribution in [2.75, 3.05) is 19.7 Å². The Labute approximate surface area is 137 Å². The maximum absolute atomic E-state index is 5.89. The lowest BCUT2D eigenvalue weighted by molar-refractivity contribution is -0.0386. The zero-order valence-electron chi connectivity index (χ0n) is 14.7. The summed E-state index contributed by atoms with van der Waals surface area (Å²) in [6, 6.07) is 0. The van der Waals surface area contributed by atoms with Crippen LogP contribution in [0.15, 0.2) is 12.5 Å². The Bertz CT molecular complexity index is 668. The van der Waals surface area contributed by atoms with Crippen LogP contribution in [0.5, 0.6) is 0 Å². The van der Waals surface area contributed by atoms with Gasteiger partial charge in [-0.2, -0.15) is 5.10 Å². The largest absolute Gasteiger partial charge is 0.368 e. The molecule has 3 rings (SSSR count). The molecule has 0 N–H and O–H groups in total. The number of aromatic nitrogens is 5. The molecule has 1 atom stereocenters. The molecule has 0 saturated carbocycles. The minimum Gasteiger partial charge on any atom is -0.368 e. The maximum atomic E-state index is 5.89. The summed E-state index contributed by atoms with van der Waals surface area (Å²) in [6.45, 7) is 9.97. The minimum atomic E-state index is -0.0222. The van der Waals surface area contributed by atoms with Gasteiger partial charge >= 0.3 is 0 Å². The van der Waals surface area contributed by atoms with Crippen LogP contribution < -0.4 is 0 Å². The van der Waals surface area contributed by atoms with Gasteiger partial charge in [-0.3, -0.25) is 9.58 Å². The van der Waals surface area contributed by atoms with E-state index in [1.54, 1.807) is 6.33 Å². The first-order valence-corrected chi connectivity index (χ1v) is 8.05. The fourth-order valence-electron chi connectivity index (χ4n) is 3.11. The Hall–Kier alpha value is -1.73. The van der Waals surface area contributed by atoms with Gasteiger partial charge in [0.2, 0.25) is 0 Å². The van der Waals surface area contributed by atoms with Crippen molar-refractivity contribution in [1.82, 2.24) is 29.4 Å². The number of hydrogen-bond donors (Lipinski definition) is 0. The average Bonchev–Trinajstić information content (AvgIpc) is 3.05. The van der Waals surface area contributed by atoms with Gasteiger partial charge in [0.05, 0.1) is 12.3 Å². The van der Waals surface area contributed by atoms with E-state index in [-0.39, 0.29) is 11.5 Å². The first-order chi connectivity index (χ1) is 10.8. The number of ether oxygens (including phenoxy) is 1. The second kappa shape index (κ2) is 6.05. The molecule has 2 aromatic heterocycles. The highest BCUT2D eigenvalue weighted by atomic mass is 16.5. The van der Waals surface area contributed by atoms with Gasteiger partial charge in [0, 0.05) is 50.9 Å². The lowest BCUT2D eigenvalue weighted by atomic mass is 9.89. The Kier molecular flexibility index (Phi) is 4.25. The lowest BCUT2D eigenvalue weighted by Gasteiger charge is -2.32. The third kappa shape index (κ3) is 3.45. The molecular weight excluding hydrogens is 292 g/mol. The lowest BCUT2D eigenvalue weighted by Crippen LogP contribution is -2.39. The van der Waals surface area contributed by atoms with Crippen molar-refractivity contribution >= 4 is 0 Å². The van der Waals surface area contributed by atoms with Crippen LogP contribution in [0.1, 0.15) is 44.0 Å². The molecule has 1 saturated heterocycles. The number of nitrogens with zero attached hydrogens (tertiary/aromatic N) is 6. The Morgan fingerprint density at radius 2 is 2.09 bits per heavy atom. The molecule has 0 aromatic carbocycles. The van der Waals surface area contributed by atoms with Crippen LogP contribution in [-0.2, 0) is 30.8 Å². The van der Waals surface area contributed by atoms with E-state index in [2.05, 4.69) is 47.2 Å². The van der Waals surface area contributed by atoms with E-state index in [9.17, 15) is 0 Å². The molecule has 0 radical (unpaired) electrons. The summed E-state index contributed by atoms with van der Waals surface area (Å²) in [5.74, 6) is 0.886. The van der Waals surface area contributed by atoms with Crippen LogP contribution >= 0.6 is 0 Å². The summed E-state index contributed by atoms with van der Waals surface area (Å²) in [5.41, 5.74) is 2.51. The summed E-state index contributed by atoms with van der Waals surface area (Å²) in [4.78, 5) is 2.41. The molecular formula is C16H26N6O. The summed E-state index contributed by atoms with van der Waals surface area (Å²) in [6.07, 6.45) is 3.83. The monoisotopic (exact) mass is 318 g/mol. The van der Waals surface area contributed by atoms with E-state index in [1.165, 1.54) is 11.3 Å². The molecule has 0 spiro atoms. The van der Waals surface area contributed by atoms with Crippen molar-refractivity contribution in [2.45, 2.75) is 38.8 Å². The fourth-order valence-corrected chi connectivity index (χ4v) is 3.11. The SMILES string of the molecule is Cn1cc(CN2CCO[C@@H](c3nncn3C)C2)c(C(C)(C)C)n1. The smallest absolute Gasteiger partial charge is 0.163 e. The van der Waals surface area contributed by atoms with Gasteiger partial charge in [-0.15, -0.1) is 10.2 Å². The van der Waals surface area contributed by atoms with E-state index >= 15 is 0 Å². The standard InChI is InChI=1S/C16H26N6O/c1-16(2,3)14-12(8-21(5)19-14)9-22-6-7-23-13(10-22)15-18-17-11-20(15)4/h8,11,13H,6-7,9-10H2,1-5H3/t13-/m1/s1. The molecule has 1 aliphatic rings. The predicted molar refractivity (Wildman–Crippen MR) is 86.9 cm³/mol. The molecule has 7 nitrogen and oxygen atoms in total. The molecule has 1 fully saturated rings. The van der Waals surface area contributed by atoms with Crippen LogP contribution in [0.4, 0.5) is 0 Å². The topological polar surface area (TPSA) is 61.0 Å². The molecule has 0 bridgehead atoms. The molecule has 2 aromatic rings. The quantitative estimate of drug-likeness (QED) is 0.856. The second-order valence-electron chi connectivity index (χ2n) is 7.32. The first-order valence-electron chi connectivity index (χ1n) is 8.05. The summed E-state index contributed by atoms with van der Waals surface area (Å²) < 4.78 is 9.73. The molecule has 7 heteroatoms. The van der Waals surface area contributed by atoms with Crippen LogP contribution in [-0.4, -0.2) is 49.1 Å². The van der Waals surface area contributed by atoms with E-state index in [4.69, 9.17) is 4.74 Å². The number of rotatable bonds is 3. The normalized spacial score (nSPS) is 20.1. The fraction of sp³-hybridized carbons (Fsp3) is 0.688. The van der Waals surface area contributed by atoms with E-state index in [0.717, 1.165) is 25.5 Å². The van der Waals surface area contributed by atoms with Crippen LogP contribution in [0.2, 0.25) is 0 Å². The van der Waals surface area contributed by atoms with Gasteiger partial charge in [0.15, 0.2) is 5.82 Å². The van der Waals surface area contributed by atoms with Crippen molar-refractivity contribution in [2.24, 2.45) is 14.1 Å². The highest BCUT2D eigenvalue weighted by Gasteiger charge is 2.28. The first kappa shape index (κ1) is 16.1. The highest BCUT2D eigenvalue weighted by Crippen LogP contribution is 2.27. The van der Waals surface area contributed by atoms with Crippen LogP contribution in [0, 0.1) is 0 Å². The maximum Gasteiger partial charge on any atom is 0.163 e. The zero-order chi connectivity index (χ0) is 16.6. The number of morpholine rings is 1. The van der Waals surface area contributed by atoms with Crippen molar-refractivity contribution in [3.8, 4) is 0 Å². The molecule has 0 unspecified atom stereocenters.